The van der Waals surface area contributed by atoms with Crippen LogP contribution in [0.25, 0.3) is 10.8 Å². The zero-order chi connectivity index (χ0) is 21.1. The number of thiophene rings is 1. The summed E-state index contributed by atoms with van der Waals surface area (Å²) in [7, 11) is 2.35. The molecule has 0 spiro atoms. The second-order valence-electron chi connectivity index (χ2n) is 5.92. The van der Waals surface area contributed by atoms with Crippen molar-refractivity contribution in [1.29, 1.82) is 0 Å². The van der Waals surface area contributed by atoms with E-state index in [4.69, 9.17) is 19.9 Å². The first-order valence-corrected chi connectivity index (χ1v) is 9.15. The molecule has 1 aromatic heterocycles. The lowest BCUT2D eigenvalue weighted by atomic mass is 10.1. The van der Waals surface area contributed by atoms with Crippen molar-refractivity contribution in [2.45, 2.75) is 6.61 Å². The second kappa shape index (κ2) is 8.19. The van der Waals surface area contributed by atoms with Gasteiger partial charge in [0.05, 0.1) is 14.2 Å². The number of anilines is 1. The zero-order valence-electron chi connectivity index (χ0n) is 15.6. The molecule has 2 aromatic carbocycles. The van der Waals surface area contributed by atoms with Crippen molar-refractivity contribution in [3.05, 3.63) is 58.0 Å². The van der Waals surface area contributed by atoms with Gasteiger partial charge in [0.15, 0.2) is 0 Å². The molecule has 0 amide bonds. The molecule has 0 atom stereocenters. The number of hydrogen-bond donors (Lipinski definition) is 2. The molecule has 9 heteroatoms. The highest BCUT2D eigenvalue weighted by molar-refractivity contribution is 7.18. The van der Waals surface area contributed by atoms with Crippen LogP contribution in [-0.2, 0) is 20.8 Å². The Balaban J connectivity index is 1.93. The van der Waals surface area contributed by atoms with E-state index in [-0.39, 0.29) is 32.3 Å². The van der Waals surface area contributed by atoms with Crippen LogP contribution in [0.3, 0.4) is 0 Å². The van der Waals surface area contributed by atoms with Crippen molar-refractivity contribution in [2.75, 3.05) is 20.0 Å². The number of carbonyl (C=O) groups excluding carboxylic acids is 3. The quantitative estimate of drug-likeness (QED) is 0.481. The molecule has 0 saturated heterocycles. The molecular formula is C20H17NO7S. The Morgan fingerprint density at radius 1 is 1.00 bits per heavy atom. The molecule has 29 heavy (non-hydrogen) atoms. The molecule has 150 valence electrons. The molecule has 0 unspecified atom stereocenters. The molecule has 1 heterocycles. The summed E-state index contributed by atoms with van der Waals surface area (Å²) >= 11 is 0.832. The molecule has 3 rings (SSSR count). The van der Waals surface area contributed by atoms with E-state index < -0.39 is 24.5 Å². The first-order valence-electron chi connectivity index (χ1n) is 8.34. The van der Waals surface area contributed by atoms with Gasteiger partial charge in [0, 0.05) is 5.56 Å². The minimum Gasteiger partial charge on any atom is -0.507 e. The van der Waals surface area contributed by atoms with Crippen LogP contribution in [0.4, 0.5) is 5.00 Å². The fourth-order valence-electron chi connectivity index (χ4n) is 2.81. The molecule has 3 aromatic rings. The van der Waals surface area contributed by atoms with Crippen molar-refractivity contribution in [1.82, 2.24) is 0 Å². The van der Waals surface area contributed by atoms with Gasteiger partial charge in [-0.05, 0) is 22.9 Å². The van der Waals surface area contributed by atoms with E-state index in [0.29, 0.717) is 0 Å². The highest BCUT2D eigenvalue weighted by Gasteiger charge is 2.28. The number of aromatic hydroxyl groups is 1. The maximum atomic E-state index is 12.5. The van der Waals surface area contributed by atoms with Crippen molar-refractivity contribution in [3.63, 3.8) is 0 Å². The average Bonchev–Trinajstić information content (AvgIpc) is 3.06. The number of rotatable bonds is 5. The van der Waals surface area contributed by atoms with E-state index in [1.807, 2.05) is 6.07 Å². The summed E-state index contributed by atoms with van der Waals surface area (Å²) in [5.74, 6) is -2.57. The standard InChI is InChI=1S/C20H17NO7S/c1-26-19(24)15-13(16(20(25)27-2)29-17(15)21)9-28-18(23)12-7-10-5-3-4-6-11(10)8-14(12)22/h3-8,22H,9,21H2,1-2H3. The second-order valence-corrected chi connectivity index (χ2v) is 6.98. The van der Waals surface area contributed by atoms with Gasteiger partial charge >= 0.3 is 17.9 Å². The van der Waals surface area contributed by atoms with Gasteiger partial charge in [-0.2, -0.15) is 0 Å². The predicted octanol–water partition coefficient (Wildman–Crippen LogP) is 3.12. The number of fused-ring (bicyclic) bond motifs is 1. The molecule has 0 fully saturated rings. The van der Waals surface area contributed by atoms with Gasteiger partial charge in [0.1, 0.15) is 33.4 Å². The van der Waals surface area contributed by atoms with Gasteiger partial charge in [-0.15, -0.1) is 11.3 Å². The molecular weight excluding hydrogens is 398 g/mol. The van der Waals surface area contributed by atoms with Crippen molar-refractivity contribution in [3.8, 4) is 5.75 Å². The van der Waals surface area contributed by atoms with Gasteiger partial charge in [0.25, 0.3) is 0 Å². The minimum atomic E-state index is -0.829. The summed E-state index contributed by atoms with van der Waals surface area (Å²) < 4.78 is 14.7. The van der Waals surface area contributed by atoms with E-state index >= 15 is 0 Å². The topological polar surface area (TPSA) is 125 Å². The van der Waals surface area contributed by atoms with Crippen LogP contribution in [0, 0.1) is 0 Å². The lowest BCUT2D eigenvalue weighted by Gasteiger charge is -2.10. The molecule has 0 bridgehead atoms. The maximum absolute atomic E-state index is 12.5. The van der Waals surface area contributed by atoms with Crippen molar-refractivity contribution < 1.29 is 33.7 Å². The first-order chi connectivity index (χ1) is 13.9. The van der Waals surface area contributed by atoms with Gasteiger partial charge < -0.3 is 25.1 Å². The lowest BCUT2D eigenvalue weighted by Crippen LogP contribution is -2.13. The number of phenolic OH excluding ortho intramolecular Hbond substituents is 1. The Bertz CT molecular complexity index is 1120. The summed E-state index contributed by atoms with van der Waals surface area (Å²) in [6, 6.07) is 10.1. The highest BCUT2D eigenvalue weighted by atomic mass is 32.1. The Morgan fingerprint density at radius 3 is 2.24 bits per heavy atom. The number of ether oxygens (including phenoxy) is 3. The minimum absolute atomic E-state index is 0.0286. The predicted molar refractivity (Wildman–Crippen MR) is 106 cm³/mol. The van der Waals surface area contributed by atoms with E-state index in [1.165, 1.54) is 26.4 Å². The average molecular weight is 415 g/mol. The Hall–Kier alpha value is -3.59. The van der Waals surface area contributed by atoms with Gasteiger partial charge in [0.2, 0.25) is 0 Å². The summed E-state index contributed by atoms with van der Waals surface area (Å²) in [5, 5.41) is 11.7. The van der Waals surface area contributed by atoms with Crippen LogP contribution in [0.5, 0.6) is 5.75 Å². The number of phenols is 1. The summed E-state index contributed by atoms with van der Waals surface area (Å²) in [6.07, 6.45) is 0. The smallest absolute Gasteiger partial charge is 0.348 e. The highest BCUT2D eigenvalue weighted by Crippen LogP contribution is 2.33. The van der Waals surface area contributed by atoms with Gasteiger partial charge in [-0.25, -0.2) is 14.4 Å². The van der Waals surface area contributed by atoms with Crippen molar-refractivity contribution >= 4 is 45.0 Å². The Labute approximate surface area is 169 Å². The fraction of sp³-hybridized carbons (Fsp3) is 0.150. The Kier molecular flexibility index (Phi) is 5.69. The molecule has 0 aliphatic carbocycles. The number of nitrogen functional groups attached to an aromatic ring is 1. The molecule has 3 N–H and O–H groups in total. The number of esters is 3. The van der Waals surface area contributed by atoms with E-state index in [1.54, 1.807) is 18.2 Å². The summed E-state index contributed by atoms with van der Waals surface area (Å²) in [4.78, 5) is 36.7. The van der Waals surface area contributed by atoms with Gasteiger partial charge in [-0.1, -0.05) is 24.3 Å². The summed E-state index contributed by atoms with van der Waals surface area (Å²) in [6.45, 7) is -0.437. The van der Waals surface area contributed by atoms with Crippen LogP contribution in [0.1, 0.15) is 36.0 Å². The van der Waals surface area contributed by atoms with E-state index in [2.05, 4.69) is 0 Å². The van der Waals surface area contributed by atoms with Crippen LogP contribution in [0.2, 0.25) is 0 Å². The third-order valence-electron chi connectivity index (χ3n) is 4.23. The third-order valence-corrected chi connectivity index (χ3v) is 5.27. The molecule has 0 radical (unpaired) electrons. The molecule has 0 aliphatic heterocycles. The number of carbonyl (C=O) groups is 3. The van der Waals surface area contributed by atoms with Crippen LogP contribution < -0.4 is 5.73 Å². The number of nitrogens with two attached hydrogens (primary N) is 1. The largest absolute Gasteiger partial charge is 0.507 e. The SMILES string of the molecule is COC(=O)c1sc(N)c(C(=O)OC)c1COC(=O)c1cc2ccccc2cc1O. The van der Waals surface area contributed by atoms with Crippen molar-refractivity contribution in [2.24, 2.45) is 0 Å². The van der Waals surface area contributed by atoms with Crippen LogP contribution in [0.15, 0.2) is 36.4 Å². The lowest BCUT2D eigenvalue weighted by molar-refractivity contribution is 0.0449. The number of hydrogen-bond acceptors (Lipinski definition) is 9. The molecule has 0 aliphatic rings. The zero-order valence-corrected chi connectivity index (χ0v) is 16.4. The van der Waals surface area contributed by atoms with E-state index in [9.17, 15) is 19.5 Å². The Morgan fingerprint density at radius 2 is 1.62 bits per heavy atom. The van der Waals surface area contributed by atoms with E-state index in [0.717, 1.165) is 22.1 Å². The fourth-order valence-corrected chi connectivity index (χ4v) is 3.79. The van der Waals surface area contributed by atoms with Crippen LogP contribution in [-0.4, -0.2) is 37.2 Å². The molecule has 0 saturated carbocycles. The molecule has 8 nitrogen and oxygen atoms in total. The monoisotopic (exact) mass is 415 g/mol. The van der Waals surface area contributed by atoms with Crippen LogP contribution >= 0.6 is 11.3 Å². The normalized spacial score (nSPS) is 10.6. The number of methoxy groups -OCH3 is 2. The first kappa shape index (κ1) is 20.2. The van der Waals surface area contributed by atoms with Gasteiger partial charge in [-0.3, -0.25) is 0 Å². The third kappa shape index (κ3) is 3.85. The number of benzene rings is 2. The maximum Gasteiger partial charge on any atom is 0.348 e. The summed E-state index contributed by atoms with van der Waals surface area (Å²) in [5.41, 5.74) is 5.82.